The van der Waals surface area contributed by atoms with Crippen LogP contribution in [0.3, 0.4) is 0 Å². The normalized spacial score (nSPS) is 11.1. The van der Waals surface area contributed by atoms with Crippen LogP contribution in [-0.2, 0) is 11.3 Å². The van der Waals surface area contributed by atoms with Crippen LogP contribution < -0.4 is 0 Å². The number of hydrogen-bond acceptors (Lipinski definition) is 3. The van der Waals surface area contributed by atoms with Gasteiger partial charge in [0.25, 0.3) is 0 Å². The highest BCUT2D eigenvalue weighted by Crippen LogP contribution is 2.20. The first-order valence-electron chi connectivity index (χ1n) is 6.19. The van der Waals surface area contributed by atoms with Crippen molar-refractivity contribution >= 4 is 0 Å². The average molecular weight is 245 g/mol. The third kappa shape index (κ3) is 2.76. The molecule has 0 N–H and O–H groups in total. The van der Waals surface area contributed by atoms with Gasteiger partial charge in [0.05, 0.1) is 6.61 Å². The van der Waals surface area contributed by atoms with E-state index in [1.165, 1.54) is 5.56 Å². The van der Waals surface area contributed by atoms with E-state index in [1.807, 2.05) is 4.57 Å². The van der Waals surface area contributed by atoms with Gasteiger partial charge >= 0.3 is 0 Å². The molecule has 0 unspecified atom stereocenters. The van der Waals surface area contributed by atoms with Crippen LogP contribution in [0.15, 0.2) is 30.6 Å². The Morgan fingerprint density at radius 2 is 1.94 bits per heavy atom. The van der Waals surface area contributed by atoms with Crippen molar-refractivity contribution in [2.45, 2.75) is 26.3 Å². The lowest BCUT2D eigenvalue weighted by Crippen LogP contribution is -2.04. The van der Waals surface area contributed by atoms with Crippen molar-refractivity contribution < 1.29 is 4.74 Å². The summed E-state index contributed by atoms with van der Waals surface area (Å²) in [4.78, 5) is 0. The van der Waals surface area contributed by atoms with Crippen molar-refractivity contribution in [3.8, 4) is 11.4 Å². The van der Waals surface area contributed by atoms with E-state index in [2.05, 4.69) is 48.3 Å². The standard InChI is InChI=1S/C14H19N3O/c1-11(2)12-4-6-13(7-5-12)14-16-15-10-17(14)8-9-18-3/h4-7,10-11H,8-9H2,1-3H3. The van der Waals surface area contributed by atoms with E-state index in [0.29, 0.717) is 12.5 Å². The monoisotopic (exact) mass is 245 g/mol. The predicted octanol–water partition coefficient (Wildman–Crippen LogP) is 2.71. The fourth-order valence-corrected chi connectivity index (χ4v) is 1.85. The van der Waals surface area contributed by atoms with Gasteiger partial charge in [0, 0.05) is 19.2 Å². The molecule has 1 aromatic carbocycles. The molecule has 2 rings (SSSR count). The van der Waals surface area contributed by atoms with E-state index in [4.69, 9.17) is 4.74 Å². The molecule has 0 aliphatic rings. The maximum Gasteiger partial charge on any atom is 0.163 e. The van der Waals surface area contributed by atoms with Gasteiger partial charge in [-0.25, -0.2) is 0 Å². The highest BCUT2D eigenvalue weighted by atomic mass is 16.5. The van der Waals surface area contributed by atoms with Crippen LogP contribution in [-0.4, -0.2) is 28.5 Å². The summed E-state index contributed by atoms with van der Waals surface area (Å²) in [6.45, 7) is 5.81. The third-order valence-electron chi connectivity index (χ3n) is 2.99. The van der Waals surface area contributed by atoms with Crippen molar-refractivity contribution in [2.75, 3.05) is 13.7 Å². The molecular weight excluding hydrogens is 226 g/mol. The Balaban J connectivity index is 2.23. The summed E-state index contributed by atoms with van der Waals surface area (Å²) in [5, 5.41) is 8.14. The first-order chi connectivity index (χ1) is 8.72. The van der Waals surface area contributed by atoms with Crippen LogP contribution in [0.25, 0.3) is 11.4 Å². The molecule has 0 aliphatic heterocycles. The maximum absolute atomic E-state index is 5.08. The molecule has 4 heteroatoms. The minimum Gasteiger partial charge on any atom is -0.383 e. The van der Waals surface area contributed by atoms with Crippen LogP contribution in [0.5, 0.6) is 0 Å². The first kappa shape index (κ1) is 12.8. The van der Waals surface area contributed by atoms with Gasteiger partial charge in [0.1, 0.15) is 6.33 Å². The molecule has 1 heterocycles. The number of nitrogens with zero attached hydrogens (tertiary/aromatic N) is 3. The fourth-order valence-electron chi connectivity index (χ4n) is 1.85. The van der Waals surface area contributed by atoms with E-state index in [1.54, 1.807) is 13.4 Å². The second-order valence-corrected chi connectivity index (χ2v) is 4.62. The molecule has 96 valence electrons. The summed E-state index contributed by atoms with van der Waals surface area (Å²) >= 11 is 0. The summed E-state index contributed by atoms with van der Waals surface area (Å²) < 4.78 is 7.09. The number of benzene rings is 1. The van der Waals surface area contributed by atoms with Crippen molar-refractivity contribution in [1.29, 1.82) is 0 Å². The Labute approximate surface area is 108 Å². The Morgan fingerprint density at radius 3 is 2.56 bits per heavy atom. The van der Waals surface area contributed by atoms with Crippen molar-refractivity contribution in [1.82, 2.24) is 14.8 Å². The molecule has 18 heavy (non-hydrogen) atoms. The van der Waals surface area contributed by atoms with E-state index in [-0.39, 0.29) is 0 Å². The van der Waals surface area contributed by atoms with E-state index in [9.17, 15) is 0 Å². The van der Waals surface area contributed by atoms with Crippen LogP contribution in [0, 0.1) is 0 Å². The Hall–Kier alpha value is -1.68. The zero-order valence-electron chi connectivity index (χ0n) is 11.1. The third-order valence-corrected chi connectivity index (χ3v) is 2.99. The van der Waals surface area contributed by atoms with E-state index >= 15 is 0 Å². The molecule has 0 saturated heterocycles. The number of aromatic nitrogens is 3. The van der Waals surface area contributed by atoms with Gasteiger partial charge in [0.15, 0.2) is 5.82 Å². The molecule has 0 radical (unpaired) electrons. The fraction of sp³-hybridized carbons (Fsp3) is 0.429. The lowest BCUT2D eigenvalue weighted by atomic mass is 10.0. The SMILES string of the molecule is COCCn1cnnc1-c1ccc(C(C)C)cc1. The van der Waals surface area contributed by atoms with E-state index < -0.39 is 0 Å². The summed E-state index contributed by atoms with van der Waals surface area (Å²) in [5.41, 5.74) is 2.43. The summed E-state index contributed by atoms with van der Waals surface area (Å²) in [5.74, 6) is 1.44. The van der Waals surface area contributed by atoms with Gasteiger partial charge in [-0.05, 0) is 11.5 Å². The van der Waals surface area contributed by atoms with Crippen LogP contribution in [0.1, 0.15) is 25.3 Å². The predicted molar refractivity (Wildman–Crippen MR) is 71.4 cm³/mol. The summed E-state index contributed by atoms with van der Waals surface area (Å²) in [6, 6.07) is 8.50. The largest absolute Gasteiger partial charge is 0.383 e. The first-order valence-corrected chi connectivity index (χ1v) is 6.19. The lowest BCUT2D eigenvalue weighted by molar-refractivity contribution is 0.187. The Morgan fingerprint density at radius 1 is 1.22 bits per heavy atom. The summed E-state index contributed by atoms with van der Waals surface area (Å²) in [6.07, 6.45) is 1.74. The zero-order valence-corrected chi connectivity index (χ0v) is 11.1. The minimum atomic E-state index is 0.547. The van der Waals surface area contributed by atoms with Gasteiger partial charge in [-0.3, -0.25) is 0 Å². The van der Waals surface area contributed by atoms with Crippen molar-refractivity contribution in [2.24, 2.45) is 0 Å². The maximum atomic E-state index is 5.08. The van der Waals surface area contributed by atoms with Gasteiger partial charge in [-0.2, -0.15) is 0 Å². The molecule has 0 spiro atoms. The highest BCUT2D eigenvalue weighted by Gasteiger charge is 2.07. The molecule has 0 saturated carbocycles. The molecule has 1 aromatic heterocycles. The van der Waals surface area contributed by atoms with Crippen molar-refractivity contribution in [3.63, 3.8) is 0 Å². The molecule has 0 fully saturated rings. The molecular formula is C14H19N3O. The number of methoxy groups -OCH3 is 1. The molecule has 0 aliphatic carbocycles. The molecule has 0 amide bonds. The highest BCUT2D eigenvalue weighted by molar-refractivity contribution is 5.55. The zero-order chi connectivity index (χ0) is 13.0. The average Bonchev–Trinajstić information content (AvgIpc) is 2.84. The Kier molecular flexibility index (Phi) is 4.10. The van der Waals surface area contributed by atoms with Crippen LogP contribution >= 0.6 is 0 Å². The topological polar surface area (TPSA) is 39.9 Å². The number of ether oxygens (including phenoxy) is 1. The van der Waals surface area contributed by atoms with Crippen LogP contribution in [0.2, 0.25) is 0 Å². The van der Waals surface area contributed by atoms with Gasteiger partial charge in [-0.15, -0.1) is 10.2 Å². The Bertz CT molecular complexity index is 488. The van der Waals surface area contributed by atoms with Crippen molar-refractivity contribution in [3.05, 3.63) is 36.2 Å². The number of rotatable bonds is 5. The smallest absolute Gasteiger partial charge is 0.163 e. The molecule has 2 aromatic rings. The van der Waals surface area contributed by atoms with Gasteiger partial charge in [-0.1, -0.05) is 38.1 Å². The molecule has 0 atom stereocenters. The number of hydrogen-bond donors (Lipinski definition) is 0. The minimum absolute atomic E-state index is 0.547. The van der Waals surface area contributed by atoms with E-state index in [0.717, 1.165) is 17.9 Å². The summed E-state index contributed by atoms with van der Waals surface area (Å²) in [7, 11) is 1.70. The van der Waals surface area contributed by atoms with Gasteiger partial charge in [0.2, 0.25) is 0 Å². The van der Waals surface area contributed by atoms with Gasteiger partial charge < -0.3 is 9.30 Å². The molecule has 4 nitrogen and oxygen atoms in total. The second-order valence-electron chi connectivity index (χ2n) is 4.62. The lowest BCUT2D eigenvalue weighted by Gasteiger charge is -2.08. The quantitative estimate of drug-likeness (QED) is 0.813. The van der Waals surface area contributed by atoms with Crippen LogP contribution in [0.4, 0.5) is 0 Å². The second kappa shape index (κ2) is 5.78. The molecule has 0 bridgehead atoms.